The van der Waals surface area contributed by atoms with Gasteiger partial charge in [-0.15, -0.1) is 0 Å². The molecule has 5 aliphatic heterocycles. The number of ether oxygens (including phenoxy) is 10. The second-order valence-electron chi connectivity index (χ2n) is 18.8. The Morgan fingerprint density at radius 2 is 0.941 bits per heavy atom. The van der Waals surface area contributed by atoms with Crippen LogP contribution in [0.2, 0.25) is 0 Å². The Labute approximate surface area is 394 Å². The van der Waals surface area contributed by atoms with Gasteiger partial charge in [0.15, 0.2) is 31.3 Å². The fourth-order valence-corrected chi connectivity index (χ4v) is 8.59. The zero-order valence-electron chi connectivity index (χ0n) is 39.2. The van der Waals surface area contributed by atoms with Gasteiger partial charge in [-0.05, 0) is 78.2 Å². The van der Waals surface area contributed by atoms with E-state index >= 15 is 0 Å². The summed E-state index contributed by atoms with van der Waals surface area (Å²) in [4.78, 5) is 0. The number of aliphatic hydroxyl groups is 14. The molecule has 0 unspecified atom stereocenters. The van der Waals surface area contributed by atoms with E-state index in [9.17, 15) is 71.5 Å². The first-order valence-corrected chi connectivity index (χ1v) is 23.3. The Kier molecular flexibility index (Phi) is 21.8. The topological polar surface area (TPSA) is 376 Å². The first-order valence-electron chi connectivity index (χ1n) is 23.3. The van der Waals surface area contributed by atoms with Crippen molar-refractivity contribution >= 4 is 0 Å². The molecule has 26 atom stereocenters. The monoisotopic (exact) mass is 988 g/mol. The van der Waals surface area contributed by atoms with E-state index in [2.05, 4.69) is 6.08 Å². The Balaban J connectivity index is 1.15. The van der Waals surface area contributed by atoms with Gasteiger partial charge in [0.25, 0.3) is 0 Å². The molecule has 5 aliphatic rings. The van der Waals surface area contributed by atoms with Crippen molar-refractivity contribution in [3.63, 3.8) is 0 Å². The summed E-state index contributed by atoms with van der Waals surface area (Å²) < 4.78 is 58.2. The largest absolute Gasteiger partial charge is 0.470 e. The molecular weight excluding hydrogens is 912 g/mol. The van der Waals surface area contributed by atoms with Gasteiger partial charge in [-0.1, -0.05) is 18.6 Å². The zero-order chi connectivity index (χ0) is 50.3. The van der Waals surface area contributed by atoms with Gasteiger partial charge in [-0.2, -0.15) is 0 Å². The van der Waals surface area contributed by atoms with Crippen molar-refractivity contribution in [3.05, 3.63) is 23.5 Å². The molecule has 0 saturated carbocycles. The summed E-state index contributed by atoms with van der Waals surface area (Å²) in [5.41, 5.74) is 1.83. The highest BCUT2D eigenvalue weighted by molar-refractivity contribution is 5.03. The van der Waals surface area contributed by atoms with Gasteiger partial charge >= 0.3 is 0 Å². The van der Waals surface area contributed by atoms with Gasteiger partial charge in [0.2, 0.25) is 6.29 Å². The summed E-state index contributed by atoms with van der Waals surface area (Å²) in [5, 5.41) is 146. The molecule has 24 heteroatoms. The molecule has 0 aliphatic carbocycles. The van der Waals surface area contributed by atoms with E-state index in [0.717, 1.165) is 24.0 Å². The maximum Gasteiger partial charge on any atom is 0.228 e. The maximum absolute atomic E-state index is 11.3. The molecule has 0 aromatic rings. The highest BCUT2D eigenvalue weighted by Gasteiger charge is 2.55. The molecule has 0 bridgehead atoms. The van der Waals surface area contributed by atoms with Crippen LogP contribution in [0.1, 0.15) is 73.6 Å². The normalized spacial score (nSPS) is 46.9. The highest BCUT2D eigenvalue weighted by atomic mass is 16.8. The van der Waals surface area contributed by atoms with Crippen molar-refractivity contribution in [3.8, 4) is 0 Å². The van der Waals surface area contributed by atoms with Crippen molar-refractivity contribution < 1.29 is 119 Å². The standard InChI is InChI=1S/C44H76O24/c1-17(9-7-11-18(2)15-59-43-38(33(55)28(50)23(13-45)64-43)67-41-35(57)31(53)26(48)21(5)62-41)10-8-12-19(3)16-60-44-39(68-42-36(58)32(54)27(49)22(6)63-42)37(29(51)24(14-46)65-44)66-40-34(56)30(52)25(47)20(4)61-40/h10,16,18,20-58H,7-9,11-15H2,1-6H3/b17-10+,19-16+/t18-,20+,21-,22+,23-,24+,25+,26-,27+,28-,29+,30-,31+,32-,33+,34+,35-,36+,37-,38-,39+,40-,41+,42-,43-,44+/m1/s1. The average molecular weight is 989 g/mol. The van der Waals surface area contributed by atoms with E-state index in [1.54, 1.807) is 6.92 Å². The Morgan fingerprint density at radius 3 is 1.44 bits per heavy atom. The summed E-state index contributed by atoms with van der Waals surface area (Å²) in [5.74, 6) is -0.0258. The first-order chi connectivity index (χ1) is 32.1. The zero-order valence-corrected chi connectivity index (χ0v) is 39.2. The molecular formula is C44H76O24. The van der Waals surface area contributed by atoms with Crippen molar-refractivity contribution in [2.24, 2.45) is 5.92 Å². The highest BCUT2D eigenvalue weighted by Crippen LogP contribution is 2.35. The summed E-state index contributed by atoms with van der Waals surface area (Å²) in [6, 6.07) is 0. The quantitative estimate of drug-likeness (QED) is 0.0405. The minimum atomic E-state index is -1.79. The van der Waals surface area contributed by atoms with Crippen LogP contribution >= 0.6 is 0 Å². The predicted octanol–water partition coefficient (Wildman–Crippen LogP) is -4.39. The minimum Gasteiger partial charge on any atom is -0.470 e. The van der Waals surface area contributed by atoms with Gasteiger partial charge in [0.1, 0.15) is 97.7 Å². The number of rotatable bonds is 20. The van der Waals surface area contributed by atoms with Gasteiger partial charge in [0.05, 0.1) is 44.4 Å². The van der Waals surface area contributed by atoms with Crippen LogP contribution in [0.3, 0.4) is 0 Å². The Hall–Kier alpha value is -1.64. The molecule has 5 fully saturated rings. The lowest BCUT2D eigenvalue weighted by molar-refractivity contribution is -0.385. The lowest BCUT2D eigenvalue weighted by atomic mass is 9.96. The third kappa shape index (κ3) is 13.9. The van der Waals surface area contributed by atoms with Crippen molar-refractivity contribution in [2.75, 3.05) is 19.8 Å². The number of allylic oxidation sites excluding steroid dienone is 3. The molecule has 5 rings (SSSR count). The van der Waals surface area contributed by atoms with Crippen LogP contribution < -0.4 is 0 Å². The van der Waals surface area contributed by atoms with Crippen LogP contribution in [0.4, 0.5) is 0 Å². The molecule has 0 radical (unpaired) electrons. The molecule has 5 heterocycles. The molecule has 0 spiro atoms. The Bertz CT molecular complexity index is 1580. The van der Waals surface area contributed by atoms with Crippen molar-refractivity contribution in [2.45, 2.75) is 227 Å². The smallest absolute Gasteiger partial charge is 0.228 e. The van der Waals surface area contributed by atoms with Crippen LogP contribution in [-0.2, 0) is 47.4 Å². The third-order valence-electron chi connectivity index (χ3n) is 13.2. The third-order valence-corrected chi connectivity index (χ3v) is 13.2. The van der Waals surface area contributed by atoms with Gasteiger partial charge in [-0.3, -0.25) is 0 Å². The van der Waals surface area contributed by atoms with Crippen LogP contribution in [0.5, 0.6) is 0 Å². The Morgan fingerprint density at radius 1 is 0.485 bits per heavy atom. The second-order valence-corrected chi connectivity index (χ2v) is 18.8. The molecule has 0 amide bonds. The second kappa shape index (κ2) is 25.8. The summed E-state index contributed by atoms with van der Waals surface area (Å²) >= 11 is 0. The van der Waals surface area contributed by atoms with Crippen LogP contribution in [0.15, 0.2) is 23.5 Å². The number of hydrogen-bond donors (Lipinski definition) is 14. The molecule has 0 aromatic heterocycles. The number of aliphatic hydroxyl groups excluding tert-OH is 14. The lowest BCUT2D eigenvalue weighted by Gasteiger charge is -2.48. The van der Waals surface area contributed by atoms with Gasteiger partial charge < -0.3 is 119 Å². The summed E-state index contributed by atoms with van der Waals surface area (Å²) in [7, 11) is 0. The fraction of sp³-hybridized carbons (Fsp3) is 0.909. The van der Waals surface area contributed by atoms with Crippen LogP contribution in [-0.4, -0.2) is 245 Å². The van der Waals surface area contributed by atoms with Gasteiger partial charge in [-0.25, -0.2) is 0 Å². The average Bonchev–Trinajstić information content (AvgIpc) is 3.31. The number of hydrogen-bond acceptors (Lipinski definition) is 24. The van der Waals surface area contributed by atoms with E-state index in [0.29, 0.717) is 19.3 Å². The van der Waals surface area contributed by atoms with Crippen LogP contribution in [0, 0.1) is 5.92 Å². The molecule has 24 nitrogen and oxygen atoms in total. The summed E-state index contributed by atoms with van der Waals surface area (Å²) in [6.07, 6.45) is -30.2. The first kappa shape index (κ1) is 57.3. The lowest BCUT2D eigenvalue weighted by Crippen LogP contribution is -2.66. The van der Waals surface area contributed by atoms with E-state index < -0.39 is 167 Å². The SMILES string of the molecule is C/C(=C\O[C@H]1O[C@@H](CO)[C@H](O)[C@@H](O[C@H]2O[C@@H](C)[C@H](O)[C@@H](O)[C@@H]2O)[C@@H]1O[C@H]1O[C@@H](C)[C@H](O)[C@@H](O)[C@@H]1O)CC/C=C(\C)CCC[C@@H](C)CO[C@@H]1O[C@H](CO)[C@@H](O)[C@H](O)[C@H]1O[C@@H]1O[C@H](C)[C@@H](O)[C@H](O)[C@H]1O. The van der Waals surface area contributed by atoms with Gasteiger partial charge in [0, 0.05) is 0 Å². The maximum atomic E-state index is 11.3. The van der Waals surface area contributed by atoms with E-state index in [-0.39, 0.29) is 12.5 Å². The summed E-state index contributed by atoms with van der Waals surface area (Å²) in [6.45, 7) is 8.83. The van der Waals surface area contributed by atoms with Crippen molar-refractivity contribution in [1.29, 1.82) is 0 Å². The molecule has 5 saturated heterocycles. The molecule has 0 aromatic carbocycles. The molecule has 396 valence electrons. The minimum absolute atomic E-state index is 0.0258. The van der Waals surface area contributed by atoms with E-state index in [1.807, 2.05) is 13.8 Å². The molecule has 14 N–H and O–H groups in total. The fourth-order valence-electron chi connectivity index (χ4n) is 8.59. The van der Waals surface area contributed by atoms with Crippen LogP contribution in [0.25, 0.3) is 0 Å². The van der Waals surface area contributed by atoms with Crippen molar-refractivity contribution in [1.82, 2.24) is 0 Å². The van der Waals surface area contributed by atoms with E-state index in [4.69, 9.17) is 47.4 Å². The van der Waals surface area contributed by atoms with E-state index in [1.165, 1.54) is 27.0 Å². The predicted molar refractivity (Wildman–Crippen MR) is 228 cm³/mol. The molecule has 68 heavy (non-hydrogen) atoms.